The van der Waals surface area contributed by atoms with Gasteiger partial charge in [-0.05, 0) is 6.92 Å². The number of benzene rings is 1. The summed E-state index contributed by atoms with van der Waals surface area (Å²) < 4.78 is 5.06. The Bertz CT molecular complexity index is 503. The lowest BCUT2D eigenvalue weighted by molar-refractivity contribution is 0.0962. The standard InChI is InChI=1S/C12H12N2O2/c1-8-10(12(15)13-2)11(14-16-8)9-6-4-3-5-7-9/h3-7H,1-2H3,(H,13,15). The van der Waals surface area contributed by atoms with Crippen LogP contribution in [0.15, 0.2) is 34.9 Å². The second-order valence-corrected chi connectivity index (χ2v) is 3.41. The normalized spacial score (nSPS) is 10.1. The maximum absolute atomic E-state index is 11.7. The number of carbonyl (C=O) groups excluding carboxylic acids is 1. The van der Waals surface area contributed by atoms with Crippen LogP contribution in [0.1, 0.15) is 16.1 Å². The van der Waals surface area contributed by atoms with Gasteiger partial charge in [0.05, 0.1) is 0 Å². The van der Waals surface area contributed by atoms with E-state index in [1.165, 1.54) is 0 Å². The molecular weight excluding hydrogens is 204 g/mol. The van der Waals surface area contributed by atoms with E-state index in [0.29, 0.717) is 17.0 Å². The summed E-state index contributed by atoms with van der Waals surface area (Å²) in [6.07, 6.45) is 0. The molecule has 0 fully saturated rings. The van der Waals surface area contributed by atoms with Crippen molar-refractivity contribution >= 4 is 5.91 Å². The number of carbonyl (C=O) groups is 1. The number of amides is 1. The quantitative estimate of drug-likeness (QED) is 0.835. The van der Waals surface area contributed by atoms with Crippen molar-refractivity contribution in [2.24, 2.45) is 0 Å². The number of aryl methyl sites for hydroxylation is 1. The first-order chi connectivity index (χ1) is 7.74. The first-order valence-corrected chi connectivity index (χ1v) is 4.98. The van der Waals surface area contributed by atoms with Gasteiger partial charge in [-0.3, -0.25) is 4.79 Å². The Morgan fingerprint density at radius 2 is 2.00 bits per heavy atom. The van der Waals surface area contributed by atoms with Gasteiger partial charge in [0, 0.05) is 12.6 Å². The highest BCUT2D eigenvalue weighted by molar-refractivity contribution is 6.00. The van der Waals surface area contributed by atoms with E-state index in [-0.39, 0.29) is 5.91 Å². The number of aromatic nitrogens is 1. The average molecular weight is 216 g/mol. The fraction of sp³-hybridized carbons (Fsp3) is 0.167. The molecule has 0 unspecified atom stereocenters. The molecule has 0 aliphatic rings. The highest BCUT2D eigenvalue weighted by Crippen LogP contribution is 2.24. The van der Waals surface area contributed by atoms with Crippen LogP contribution in [0.25, 0.3) is 11.3 Å². The first kappa shape index (κ1) is 10.4. The minimum atomic E-state index is -0.183. The fourth-order valence-corrected chi connectivity index (χ4v) is 1.56. The topological polar surface area (TPSA) is 55.1 Å². The molecule has 4 nitrogen and oxygen atoms in total. The van der Waals surface area contributed by atoms with Gasteiger partial charge in [0.15, 0.2) is 0 Å². The van der Waals surface area contributed by atoms with Crippen molar-refractivity contribution in [2.45, 2.75) is 6.92 Å². The third kappa shape index (κ3) is 1.69. The van der Waals surface area contributed by atoms with Gasteiger partial charge >= 0.3 is 0 Å². The summed E-state index contributed by atoms with van der Waals surface area (Å²) in [6.45, 7) is 1.73. The van der Waals surface area contributed by atoms with Crippen LogP contribution in [0.2, 0.25) is 0 Å². The van der Waals surface area contributed by atoms with E-state index >= 15 is 0 Å². The Hall–Kier alpha value is -2.10. The summed E-state index contributed by atoms with van der Waals surface area (Å²) in [7, 11) is 1.59. The molecule has 16 heavy (non-hydrogen) atoms. The Labute approximate surface area is 93.3 Å². The minimum Gasteiger partial charge on any atom is -0.360 e. The van der Waals surface area contributed by atoms with Gasteiger partial charge in [-0.2, -0.15) is 0 Å². The predicted octanol–water partition coefficient (Wildman–Crippen LogP) is 2.01. The van der Waals surface area contributed by atoms with Crippen LogP contribution in [0.3, 0.4) is 0 Å². The van der Waals surface area contributed by atoms with Crippen molar-refractivity contribution in [1.29, 1.82) is 0 Å². The molecule has 1 heterocycles. The van der Waals surface area contributed by atoms with Crippen LogP contribution in [0, 0.1) is 6.92 Å². The zero-order chi connectivity index (χ0) is 11.5. The zero-order valence-electron chi connectivity index (χ0n) is 9.15. The van der Waals surface area contributed by atoms with Crippen molar-refractivity contribution in [2.75, 3.05) is 7.05 Å². The summed E-state index contributed by atoms with van der Waals surface area (Å²) in [5, 5.41) is 6.50. The lowest BCUT2D eigenvalue weighted by Gasteiger charge is -2.00. The molecule has 2 rings (SSSR count). The van der Waals surface area contributed by atoms with Gasteiger partial charge in [0.2, 0.25) is 0 Å². The third-order valence-corrected chi connectivity index (χ3v) is 2.36. The largest absolute Gasteiger partial charge is 0.360 e. The van der Waals surface area contributed by atoms with Crippen LogP contribution >= 0.6 is 0 Å². The molecule has 0 bridgehead atoms. The van der Waals surface area contributed by atoms with Crippen molar-refractivity contribution in [3.05, 3.63) is 41.7 Å². The van der Waals surface area contributed by atoms with Gasteiger partial charge in [0.25, 0.3) is 5.91 Å². The van der Waals surface area contributed by atoms with E-state index in [4.69, 9.17) is 4.52 Å². The van der Waals surface area contributed by atoms with E-state index in [0.717, 1.165) is 5.56 Å². The fourth-order valence-electron chi connectivity index (χ4n) is 1.56. The predicted molar refractivity (Wildman–Crippen MR) is 60.1 cm³/mol. The summed E-state index contributed by atoms with van der Waals surface area (Å²) in [5.74, 6) is 0.343. The number of nitrogens with zero attached hydrogens (tertiary/aromatic N) is 1. The van der Waals surface area contributed by atoms with Crippen LogP contribution < -0.4 is 5.32 Å². The highest BCUT2D eigenvalue weighted by atomic mass is 16.5. The van der Waals surface area contributed by atoms with E-state index < -0.39 is 0 Å². The highest BCUT2D eigenvalue weighted by Gasteiger charge is 2.19. The van der Waals surface area contributed by atoms with Gasteiger partial charge < -0.3 is 9.84 Å². The van der Waals surface area contributed by atoms with Gasteiger partial charge in [-0.25, -0.2) is 0 Å². The van der Waals surface area contributed by atoms with Crippen LogP contribution in [0.5, 0.6) is 0 Å². The summed E-state index contributed by atoms with van der Waals surface area (Å²) >= 11 is 0. The first-order valence-electron chi connectivity index (χ1n) is 4.98. The molecule has 1 N–H and O–H groups in total. The number of hydrogen-bond donors (Lipinski definition) is 1. The van der Waals surface area contributed by atoms with E-state index in [1.54, 1.807) is 14.0 Å². The van der Waals surface area contributed by atoms with E-state index in [2.05, 4.69) is 10.5 Å². The van der Waals surface area contributed by atoms with Crippen molar-refractivity contribution in [1.82, 2.24) is 10.5 Å². The molecule has 2 aromatic rings. The van der Waals surface area contributed by atoms with E-state index in [9.17, 15) is 4.79 Å². The maximum atomic E-state index is 11.7. The Morgan fingerprint density at radius 3 is 2.62 bits per heavy atom. The molecule has 0 aliphatic carbocycles. The smallest absolute Gasteiger partial charge is 0.256 e. The van der Waals surface area contributed by atoms with Crippen molar-refractivity contribution in [3.8, 4) is 11.3 Å². The van der Waals surface area contributed by atoms with Gasteiger partial charge in [0.1, 0.15) is 17.0 Å². The lowest BCUT2D eigenvalue weighted by Crippen LogP contribution is -2.18. The molecule has 0 atom stereocenters. The van der Waals surface area contributed by atoms with Crippen LogP contribution in [-0.4, -0.2) is 18.1 Å². The monoisotopic (exact) mass is 216 g/mol. The molecule has 0 spiro atoms. The Morgan fingerprint density at radius 1 is 1.31 bits per heavy atom. The molecule has 1 amide bonds. The molecule has 1 aromatic carbocycles. The maximum Gasteiger partial charge on any atom is 0.256 e. The average Bonchev–Trinajstić information content (AvgIpc) is 2.71. The SMILES string of the molecule is CNC(=O)c1c(-c2ccccc2)noc1C. The minimum absolute atomic E-state index is 0.183. The molecule has 0 saturated heterocycles. The molecule has 0 aliphatic heterocycles. The molecule has 4 heteroatoms. The van der Waals surface area contributed by atoms with Crippen molar-refractivity contribution < 1.29 is 9.32 Å². The second-order valence-electron chi connectivity index (χ2n) is 3.41. The summed E-state index contributed by atoms with van der Waals surface area (Å²) in [6, 6.07) is 9.49. The number of nitrogens with one attached hydrogen (secondary N) is 1. The molecule has 82 valence electrons. The zero-order valence-corrected chi connectivity index (χ0v) is 9.15. The Kier molecular flexibility index (Phi) is 2.72. The lowest BCUT2D eigenvalue weighted by atomic mass is 10.1. The Balaban J connectivity index is 2.55. The van der Waals surface area contributed by atoms with Crippen molar-refractivity contribution in [3.63, 3.8) is 0 Å². The second kappa shape index (κ2) is 4.18. The van der Waals surface area contributed by atoms with Gasteiger partial charge in [-0.1, -0.05) is 35.5 Å². The molecule has 1 aromatic heterocycles. The summed E-state index contributed by atoms with van der Waals surface area (Å²) in [4.78, 5) is 11.7. The number of hydrogen-bond acceptors (Lipinski definition) is 3. The van der Waals surface area contributed by atoms with Gasteiger partial charge in [-0.15, -0.1) is 0 Å². The molecule has 0 radical (unpaired) electrons. The molecule has 0 saturated carbocycles. The third-order valence-electron chi connectivity index (χ3n) is 2.36. The number of rotatable bonds is 2. The van der Waals surface area contributed by atoms with Crippen LogP contribution in [-0.2, 0) is 0 Å². The summed E-state index contributed by atoms with van der Waals surface area (Å²) in [5.41, 5.74) is 1.95. The van der Waals surface area contributed by atoms with E-state index in [1.807, 2.05) is 30.3 Å². The molecular formula is C12H12N2O2. The van der Waals surface area contributed by atoms with Crippen LogP contribution in [0.4, 0.5) is 0 Å².